The Morgan fingerprint density at radius 1 is 1.60 bits per heavy atom. The number of alkyl halides is 1. The molecule has 0 aromatic heterocycles. The van der Waals surface area contributed by atoms with Crippen LogP contribution in [0, 0.1) is 0 Å². The molecule has 1 aliphatic heterocycles. The van der Waals surface area contributed by atoms with Crippen LogP contribution in [0.2, 0.25) is 0 Å². The number of hydrogen-bond acceptors (Lipinski definition) is 1. The van der Waals surface area contributed by atoms with Crippen LogP contribution in [0.15, 0.2) is 0 Å². The fraction of sp³-hybridized carbons (Fsp3) is 1.00. The normalized spacial score (nSPS) is 33.0. The molecule has 0 N–H and O–H groups in total. The SMILES string of the molecule is CCCCC1OCCC1Cl. The van der Waals surface area contributed by atoms with E-state index in [4.69, 9.17) is 16.3 Å². The van der Waals surface area contributed by atoms with Crippen LogP contribution in [0.4, 0.5) is 0 Å². The summed E-state index contributed by atoms with van der Waals surface area (Å²) in [4.78, 5) is 0. The lowest BCUT2D eigenvalue weighted by Crippen LogP contribution is -2.15. The Kier molecular flexibility index (Phi) is 3.50. The summed E-state index contributed by atoms with van der Waals surface area (Å²) in [6.45, 7) is 3.06. The number of halogens is 1. The molecule has 1 rings (SSSR count). The maximum atomic E-state index is 5.99. The largest absolute Gasteiger partial charge is 0.377 e. The van der Waals surface area contributed by atoms with Crippen LogP contribution in [0.25, 0.3) is 0 Å². The quantitative estimate of drug-likeness (QED) is 0.580. The molecule has 0 bridgehead atoms. The molecule has 0 aliphatic carbocycles. The van der Waals surface area contributed by atoms with E-state index in [9.17, 15) is 0 Å². The summed E-state index contributed by atoms with van der Waals surface area (Å²) < 4.78 is 5.44. The highest BCUT2D eigenvalue weighted by Crippen LogP contribution is 2.23. The van der Waals surface area contributed by atoms with Crippen LogP contribution in [0.5, 0.6) is 0 Å². The Bertz CT molecular complexity index is 95.3. The molecule has 1 fully saturated rings. The zero-order valence-electron chi connectivity index (χ0n) is 6.48. The van der Waals surface area contributed by atoms with Gasteiger partial charge >= 0.3 is 0 Å². The van der Waals surface area contributed by atoms with E-state index in [1.54, 1.807) is 0 Å². The van der Waals surface area contributed by atoms with E-state index in [1.165, 1.54) is 12.8 Å². The molecule has 10 heavy (non-hydrogen) atoms. The molecule has 1 aliphatic rings. The molecule has 1 saturated heterocycles. The van der Waals surface area contributed by atoms with Gasteiger partial charge in [-0.15, -0.1) is 11.6 Å². The van der Waals surface area contributed by atoms with Crippen molar-refractivity contribution >= 4 is 11.6 Å². The minimum Gasteiger partial charge on any atom is -0.377 e. The van der Waals surface area contributed by atoms with Crippen molar-refractivity contribution in [2.24, 2.45) is 0 Å². The molecule has 0 saturated carbocycles. The molecule has 2 unspecified atom stereocenters. The Labute approximate surface area is 67.7 Å². The van der Waals surface area contributed by atoms with Crippen molar-refractivity contribution in [1.82, 2.24) is 0 Å². The molecule has 2 heteroatoms. The number of unbranched alkanes of at least 4 members (excludes halogenated alkanes) is 1. The van der Waals surface area contributed by atoms with E-state index in [-0.39, 0.29) is 5.38 Å². The van der Waals surface area contributed by atoms with Gasteiger partial charge in [0.1, 0.15) is 0 Å². The Morgan fingerprint density at radius 3 is 2.90 bits per heavy atom. The van der Waals surface area contributed by atoms with Crippen LogP contribution in [0.1, 0.15) is 32.6 Å². The first-order chi connectivity index (χ1) is 4.84. The standard InChI is InChI=1S/C8H15ClO/c1-2-3-4-8-7(9)5-6-10-8/h7-8H,2-6H2,1H3. The molecular formula is C8H15ClO. The van der Waals surface area contributed by atoms with Gasteiger partial charge in [0.15, 0.2) is 0 Å². The minimum absolute atomic E-state index is 0.284. The molecule has 1 nitrogen and oxygen atoms in total. The van der Waals surface area contributed by atoms with Gasteiger partial charge in [0, 0.05) is 6.61 Å². The van der Waals surface area contributed by atoms with E-state index in [0.717, 1.165) is 19.4 Å². The van der Waals surface area contributed by atoms with Gasteiger partial charge in [-0.05, 0) is 12.8 Å². The Balaban J connectivity index is 2.14. The van der Waals surface area contributed by atoms with Crippen molar-refractivity contribution < 1.29 is 4.74 Å². The highest BCUT2D eigenvalue weighted by molar-refractivity contribution is 6.21. The van der Waals surface area contributed by atoms with Gasteiger partial charge < -0.3 is 4.74 Å². The van der Waals surface area contributed by atoms with E-state index >= 15 is 0 Å². The second-order valence-electron chi connectivity index (χ2n) is 2.86. The van der Waals surface area contributed by atoms with Gasteiger partial charge in [0.2, 0.25) is 0 Å². The van der Waals surface area contributed by atoms with Crippen LogP contribution >= 0.6 is 11.6 Å². The van der Waals surface area contributed by atoms with Crippen LogP contribution in [-0.4, -0.2) is 18.1 Å². The first-order valence-electron chi connectivity index (χ1n) is 4.10. The number of rotatable bonds is 3. The van der Waals surface area contributed by atoms with E-state index in [0.29, 0.717) is 6.10 Å². The molecule has 0 aromatic carbocycles. The summed E-state index contributed by atoms with van der Waals surface area (Å²) in [6.07, 6.45) is 5.01. The maximum Gasteiger partial charge on any atom is 0.0739 e. The highest BCUT2D eigenvalue weighted by atomic mass is 35.5. The van der Waals surface area contributed by atoms with Crippen molar-refractivity contribution in [3.8, 4) is 0 Å². The zero-order chi connectivity index (χ0) is 7.40. The average molecular weight is 163 g/mol. The van der Waals surface area contributed by atoms with E-state index < -0.39 is 0 Å². The highest BCUT2D eigenvalue weighted by Gasteiger charge is 2.24. The summed E-state index contributed by atoms with van der Waals surface area (Å²) in [5.74, 6) is 0. The van der Waals surface area contributed by atoms with Gasteiger partial charge in [-0.2, -0.15) is 0 Å². The van der Waals surface area contributed by atoms with Gasteiger partial charge in [0.25, 0.3) is 0 Å². The van der Waals surface area contributed by atoms with Crippen molar-refractivity contribution in [3.05, 3.63) is 0 Å². The first-order valence-corrected chi connectivity index (χ1v) is 4.54. The lowest BCUT2D eigenvalue weighted by atomic mass is 10.1. The Morgan fingerprint density at radius 2 is 2.40 bits per heavy atom. The third-order valence-corrected chi connectivity index (χ3v) is 2.47. The smallest absolute Gasteiger partial charge is 0.0739 e. The van der Waals surface area contributed by atoms with Gasteiger partial charge in [0.05, 0.1) is 11.5 Å². The maximum absolute atomic E-state index is 5.99. The fourth-order valence-corrected chi connectivity index (χ4v) is 1.58. The third kappa shape index (κ3) is 2.14. The van der Waals surface area contributed by atoms with Crippen LogP contribution < -0.4 is 0 Å². The van der Waals surface area contributed by atoms with Crippen molar-refractivity contribution in [3.63, 3.8) is 0 Å². The van der Waals surface area contributed by atoms with Crippen LogP contribution in [-0.2, 0) is 4.74 Å². The molecule has 60 valence electrons. The summed E-state index contributed by atoms with van der Waals surface area (Å²) >= 11 is 5.99. The summed E-state index contributed by atoms with van der Waals surface area (Å²) in [7, 11) is 0. The van der Waals surface area contributed by atoms with Crippen molar-refractivity contribution in [2.75, 3.05) is 6.61 Å². The molecule has 0 spiro atoms. The van der Waals surface area contributed by atoms with Crippen LogP contribution in [0.3, 0.4) is 0 Å². The molecule has 0 amide bonds. The lowest BCUT2D eigenvalue weighted by molar-refractivity contribution is 0.103. The molecule has 0 aromatic rings. The zero-order valence-corrected chi connectivity index (χ0v) is 7.23. The van der Waals surface area contributed by atoms with E-state index in [2.05, 4.69) is 6.92 Å². The summed E-state index contributed by atoms with van der Waals surface area (Å²) in [5.41, 5.74) is 0. The topological polar surface area (TPSA) is 9.23 Å². The predicted octanol–water partition coefficient (Wildman–Crippen LogP) is 2.57. The van der Waals surface area contributed by atoms with Crippen molar-refractivity contribution in [2.45, 2.75) is 44.1 Å². The average Bonchev–Trinajstić information content (AvgIpc) is 2.31. The third-order valence-electron chi connectivity index (χ3n) is 1.97. The fourth-order valence-electron chi connectivity index (χ4n) is 1.29. The minimum atomic E-state index is 0.284. The lowest BCUT2D eigenvalue weighted by Gasteiger charge is -2.11. The summed E-state index contributed by atoms with van der Waals surface area (Å²) in [6, 6.07) is 0. The van der Waals surface area contributed by atoms with Gasteiger partial charge in [-0.1, -0.05) is 19.8 Å². The van der Waals surface area contributed by atoms with Gasteiger partial charge in [-0.25, -0.2) is 0 Å². The number of hydrogen-bond donors (Lipinski definition) is 0. The predicted molar refractivity (Wildman–Crippen MR) is 43.5 cm³/mol. The molecule has 1 heterocycles. The molecular weight excluding hydrogens is 148 g/mol. The Hall–Kier alpha value is 0.250. The van der Waals surface area contributed by atoms with E-state index in [1.807, 2.05) is 0 Å². The van der Waals surface area contributed by atoms with Crippen molar-refractivity contribution in [1.29, 1.82) is 0 Å². The molecule has 2 atom stereocenters. The first kappa shape index (κ1) is 8.35. The van der Waals surface area contributed by atoms with Gasteiger partial charge in [-0.3, -0.25) is 0 Å². The monoisotopic (exact) mass is 162 g/mol. The second-order valence-corrected chi connectivity index (χ2v) is 3.42. The summed E-state index contributed by atoms with van der Waals surface area (Å²) in [5, 5.41) is 0.284. The number of ether oxygens (including phenoxy) is 1. The molecule has 0 radical (unpaired) electrons. The second kappa shape index (κ2) is 4.20.